The molecule has 0 aliphatic carbocycles. The zero-order valence-corrected chi connectivity index (χ0v) is 16.5. The molecule has 3 rings (SSSR count). The second kappa shape index (κ2) is 9.28. The maximum Gasteiger partial charge on any atom is 0.256 e. The molecule has 2 amide bonds. The van der Waals surface area contributed by atoms with Gasteiger partial charge >= 0.3 is 0 Å². The fourth-order valence-corrected chi connectivity index (χ4v) is 3.14. The predicted octanol–water partition coefficient (Wildman–Crippen LogP) is 4.81. The van der Waals surface area contributed by atoms with E-state index in [0.717, 1.165) is 11.6 Å². The van der Waals surface area contributed by atoms with Crippen molar-refractivity contribution < 1.29 is 14.0 Å². The van der Waals surface area contributed by atoms with Gasteiger partial charge in [-0.25, -0.2) is 4.39 Å². The standard InChI is InChI=1S/C22H18BrFN2O2/c23-19-11-10-16(24)14-18(19)22(28)26-20-9-5-4-8-17(20)21(27)25-13-12-15-6-2-1-3-7-15/h1-11,14H,12-13H2,(H,25,27)(H,26,28). The molecular formula is C22H18BrFN2O2. The third kappa shape index (κ3) is 5.04. The van der Waals surface area contributed by atoms with Crippen molar-refractivity contribution in [3.05, 3.63) is 99.8 Å². The maximum atomic E-state index is 13.5. The van der Waals surface area contributed by atoms with E-state index in [9.17, 15) is 14.0 Å². The van der Waals surface area contributed by atoms with Crippen LogP contribution in [-0.4, -0.2) is 18.4 Å². The normalized spacial score (nSPS) is 10.4. The number of hydrogen-bond acceptors (Lipinski definition) is 2. The van der Waals surface area contributed by atoms with Crippen LogP contribution in [0.1, 0.15) is 26.3 Å². The van der Waals surface area contributed by atoms with Crippen molar-refractivity contribution in [3.63, 3.8) is 0 Å². The minimum atomic E-state index is -0.514. The molecule has 0 saturated heterocycles. The van der Waals surface area contributed by atoms with Crippen LogP contribution in [0.4, 0.5) is 10.1 Å². The van der Waals surface area contributed by atoms with E-state index in [-0.39, 0.29) is 11.5 Å². The Kier molecular flexibility index (Phi) is 6.55. The number of nitrogens with one attached hydrogen (secondary N) is 2. The maximum absolute atomic E-state index is 13.5. The van der Waals surface area contributed by atoms with Crippen molar-refractivity contribution in [3.8, 4) is 0 Å². The van der Waals surface area contributed by atoms with E-state index in [4.69, 9.17) is 0 Å². The number of amides is 2. The van der Waals surface area contributed by atoms with Gasteiger partial charge in [0.25, 0.3) is 11.8 Å². The van der Waals surface area contributed by atoms with Crippen molar-refractivity contribution in [1.29, 1.82) is 0 Å². The van der Waals surface area contributed by atoms with Crippen LogP contribution in [0.15, 0.2) is 77.3 Å². The summed E-state index contributed by atoms with van der Waals surface area (Å²) in [6, 6.07) is 20.4. The van der Waals surface area contributed by atoms with Gasteiger partial charge in [-0.1, -0.05) is 42.5 Å². The molecule has 2 N–H and O–H groups in total. The average Bonchev–Trinajstić information content (AvgIpc) is 2.71. The molecule has 0 aliphatic rings. The van der Waals surface area contributed by atoms with E-state index in [1.54, 1.807) is 24.3 Å². The van der Waals surface area contributed by atoms with Crippen LogP contribution in [0.2, 0.25) is 0 Å². The molecule has 4 nitrogen and oxygen atoms in total. The number of carbonyl (C=O) groups excluding carboxylic acids is 2. The number of hydrogen-bond donors (Lipinski definition) is 2. The van der Waals surface area contributed by atoms with Gasteiger partial charge in [0.1, 0.15) is 5.82 Å². The van der Waals surface area contributed by atoms with Crippen LogP contribution < -0.4 is 10.6 Å². The molecule has 0 fully saturated rings. The molecule has 0 spiro atoms. The van der Waals surface area contributed by atoms with Gasteiger partial charge in [0.2, 0.25) is 0 Å². The Hall–Kier alpha value is -2.99. The summed E-state index contributed by atoms with van der Waals surface area (Å²) in [4.78, 5) is 25.1. The number of halogens is 2. The molecule has 142 valence electrons. The molecule has 6 heteroatoms. The zero-order valence-electron chi connectivity index (χ0n) is 14.9. The van der Waals surface area contributed by atoms with E-state index in [2.05, 4.69) is 26.6 Å². The van der Waals surface area contributed by atoms with E-state index in [1.165, 1.54) is 12.1 Å². The Morgan fingerprint density at radius 1 is 0.857 bits per heavy atom. The monoisotopic (exact) mass is 440 g/mol. The molecule has 28 heavy (non-hydrogen) atoms. The number of rotatable bonds is 6. The molecule has 0 atom stereocenters. The Bertz CT molecular complexity index is 993. The Balaban J connectivity index is 1.69. The smallest absolute Gasteiger partial charge is 0.256 e. The van der Waals surface area contributed by atoms with Gasteiger partial charge in [-0.05, 0) is 58.2 Å². The second-order valence-electron chi connectivity index (χ2n) is 6.12. The minimum absolute atomic E-state index is 0.152. The lowest BCUT2D eigenvalue weighted by molar-refractivity contribution is 0.0955. The van der Waals surface area contributed by atoms with Crippen molar-refractivity contribution in [2.45, 2.75) is 6.42 Å². The lowest BCUT2D eigenvalue weighted by Crippen LogP contribution is -2.27. The lowest BCUT2D eigenvalue weighted by atomic mass is 10.1. The summed E-state index contributed by atoms with van der Waals surface area (Å²) in [5.41, 5.74) is 1.98. The van der Waals surface area contributed by atoms with Crippen molar-refractivity contribution in [2.75, 3.05) is 11.9 Å². The van der Waals surface area contributed by atoms with Gasteiger partial charge < -0.3 is 10.6 Å². The van der Waals surface area contributed by atoms with Crippen molar-refractivity contribution >= 4 is 33.4 Å². The quantitative estimate of drug-likeness (QED) is 0.577. The zero-order chi connectivity index (χ0) is 19.9. The molecule has 3 aromatic rings. The van der Waals surface area contributed by atoms with Crippen molar-refractivity contribution in [2.24, 2.45) is 0 Å². The van der Waals surface area contributed by atoms with Crippen LogP contribution in [0, 0.1) is 5.82 Å². The van der Waals surface area contributed by atoms with E-state index < -0.39 is 11.7 Å². The highest BCUT2D eigenvalue weighted by atomic mass is 79.9. The third-order valence-corrected chi connectivity index (χ3v) is 4.83. The molecule has 0 saturated carbocycles. The highest BCUT2D eigenvalue weighted by molar-refractivity contribution is 9.10. The summed E-state index contributed by atoms with van der Waals surface area (Å²) in [5, 5.41) is 5.55. The topological polar surface area (TPSA) is 58.2 Å². The molecule has 0 radical (unpaired) electrons. The second-order valence-corrected chi connectivity index (χ2v) is 6.97. The van der Waals surface area contributed by atoms with Crippen LogP contribution >= 0.6 is 15.9 Å². The number of para-hydroxylation sites is 1. The molecule has 0 aliphatic heterocycles. The Labute approximate surface area is 170 Å². The van der Waals surface area contributed by atoms with Gasteiger partial charge in [-0.2, -0.15) is 0 Å². The first kappa shape index (κ1) is 19.8. The highest BCUT2D eigenvalue weighted by Gasteiger charge is 2.16. The first-order valence-electron chi connectivity index (χ1n) is 8.72. The SMILES string of the molecule is O=C(Nc1ccccc1C(=O)NCCc1ccccc1)c1cc(F)ccc1Br. The lowest BCUT2D eigenvalue weighted by Gasteiger charge is -2.12. The summed E-state index contributed by atoms with van der Waals surface area (Å²) in [6.07, 6.45) is 0.706. The summed E-state index contributed by atoms with van der Waals surface area (Å²) >= 11 is 3.24. The molecule has 0 bridgehead atoms. The van der Waals surface area contributed by atoms with Gasteiger partial charge in [-0.3, -0.25) is 9.59 Å². The fraction of sp³-hybridized carbons (Fsp3) is 0.0909. The van der Waals surface area contributed by atoms with Crippen LogP contribution in [0.5, 0.6) is 0 Å². The van der Waals surface area contributed by atoms with Crippen LogP contribution in [0.3, 0.4) is 0 Å². The molecule has 0 heterocycles. The van der Waals surface area contributed by atoms with Gasteiger partial charge in [0, 0.05) is 11.0 Å². The van der Waals surface area contributed by atoms with Gasteiger partial charge in [-0.15, -0.1) is 0 Å². The van der Waals surface area contributed by atoms with E-state index >= 15 is 0 Å². The highest BCUT2D eigenvalue weighted by Crippen LogP contribution is 2.21. The predicted molar refractivity (Wildman–Crippen MR) is 111 cm³/mol. The molecular weight excluding hydrogens is 423 g/mol. The largest absolute Gasteiger partial charge is 0.352 e. The van der Waals surface area contributed by atoms with Crippen LogP contribution in [-0.2, 0) is 6.42 Å². The van der Waals surface area contributed by atoms with Gasteiger partial charge in [0.05, 0.1) is 16.8 Å². The van der Waals surface area contributed by atoms with Crippen molar-refractivity contribution in [1.82, 2.24) is 5.32 Å². The Morgan fingerprint density at radius 3 is 2.36 bits per heavy atom. The molecule has 3 aromatic carbocycles. The Morgan fingerprint density at radius 2 is 1.57 bits per heavy atom. The summed E-state index contributed by atoms with van der Waals surface area (Å²) in [6.45, 7) is 0.473. The number of carbonyl (C=O) groups is 2. The first-order valence-corrected chi connectivity index (χ1v) is 9.51. The van der Waals surface area contributed by atoms with Gasteiger partial charge in [0.15, 0.2) is 0 Å². The fourth-order valence-electron chi connectivity index (χ4n) is 2.71. The van der Waals surface area contributed by atoms with Crippen LogP contribution in [0.25, 0.3) is 0 Å². The molecule has 0 aromatic heterocycles. The first-order chi connectivity index (χ1) is 13.5. The number of benzene rings is 3. The van der Waals surface area contributed by atoms with E-state index in [1.807, 2.05) is 30.3 Å². The number of anilines is 1. The molecule has 0 unspecified atom stereocenters. The summed E-state index contributed by atoms with van der Waals surface area (Å²) in [7, 11) is 0. The minimum Gasteiger partial charge on any atom is -0.352 e. The summed E-state index contributed by atoms with van der Waals surface area (Å²) in [5.74, 6) is -1.30. The average molecular weight is 441 g/mol. The third-order valence-electron chi connectivity index (χ3n) is 4.13. The summed E-state index contributed by atoms with van der Waals surface area (Å²) < 4.78 is 13.9. The van der Waals surface area contributed by atoms with E-state index in [0.29, 0.717) is 28.7 Å².